The van der Waals surface area contributed by atoms with Gasteiger partial charge in [-0.3, -0.25) is 4.98 Å². The minimum atomic E-state index is -4.85. The summed E-state index contributed by atoms with van der Waals surface area (Å²) in [5.41, 5.74) is 4.44. The molecular formula is C25H26ClF3N8O2. The van der Waals surface area contributed by atoms with E-state index in [2.05, 4.69) is 30.4 Å². The van der Waals surface area contributed by atoms with E-state index < -0.39 is 11.8 Å². The normalized spacial score (nSPS) is 14.1. The van der Waals surface area contributed by atoms with Crippen molar-refractivity contribution in [2.24, 2.45) is 7.05 Å². The molecule has 4 aromatic heterocycles. The van der Waals surface area contributed by atoms with Crippen LogP contribution < -0.4 is 15.8 Å². The molecule has 206 valence electrons. The quantitative estimate of drug-likeness (QED) is 0.250. The Morgan fingerprint density at radius 3 is 2.56 bits per heavy atom. The van der Waals surface area contributed by atoms with E-state index in [0.717, 1.165) is 6.20 Å². The van der Waals surface area contributed by atoms with Crippen LogP contribution in [0.2, 0.25) is 5.15 Å². The number of ether oxygens (including phenoxy) is 1. The Labute approximate surface area is 227 Å². The molecule has 4 rings (SSSR count). The maximum atomic E-state index is 13.2. The van der Waals surface area contributed by atoms with E-state index >= 15 is 0 Å². The van der Waals surface area contributed by atoms with Gasteiger partial charge in [0.15, 0.2) is 11.4 Å². The van der Waals surface area contributed by atoms with Crippen LogP contribution in [0.25, 0.3) is 22.6 Å². The number of nitrogens with one attached hydrogen (secondary N) is 1. The Hall–Kier alpha value is -3.97. The van der Waals surface area contributed by atoms with E-state index in [1.807, 2.05) is 6.92 Å². The number of nitrogens with two attached hydrogens (primary N) is 1. The molecule has 1 unspecified atom stereocenters. The monoisotopic (exact) mass is 562 g/mol. The van der Waals surface area contributed by atoms with Crippen LogP contribution in [0, 0.1) is 0 Å². The smallest absolute Gasteiger partial charge is 0.421 e. The highest BCUT2D eigenvalue weighted by Gasteiger charge is 2.51. The lowest BCUT2D eigenvalue weighted by Crippen LogP contribution is -2.39. The molecular weight excluding hydrogens is 537 g/mol. The van der Waals surface area contributed by atoms with Gasteiger partial charge >= 0.3 is 6.18 Å². The Bertz CT molecular complexity index is 1440. The second-order valence-corrected chi connectivity index (χ2v) is 9.42. The molecule has 0 fully saturated rings. The number of aliphatic hydroxyl groups is 1. The fourth-order valence-corrected chi connectivity index (χ4v) is 3.84. The lowest BCUT2D eigenvalue weighted by atomic mass is 9.96. The van der Waals surface area contributed by atoms with E-state index in [4.69, 9.17) is 22.1 Å². The fraction of sp³-hybridized carbons (Fsp3) is 0.320. The molecule has 0 bridgehead atoms. The number of nitrogen functional groups attached to an aromatic ring is 1. The summed E-state index contributed by atoms with van der Waals surface area (Å²) in [6.07, 6.45) is 1.34. The predicted molar refractivity (Wildman–Crippen MR) is 140 cm³/mol. The summed E-state index contributed by atoms with van der Waals surface area (Å²) >= 11 is 6.11. The molecule has 2 atom stereocenters. The van der Waals surface area contributed by atoms with Crippen molar-refractivity contribution in [1.29, 1.82) is 0 Å². The average molecular weight is 563 g/mol. The van der Waals surface area contributed by atoms with Crippen molar-refractivity contribution in [1.82, 2.24) is 29.7 Å². The number of pyridine rings is 2. The number of aromatic nitrogens is 6. The zero-order valence-electron chi connectivity index (χ0n) is 21.2. The molecule has 0 spiro atoms. The largest absolute Gasteiger partial charge is 0.477 e. The molecule has 0 amide bonds. The first-order chi connectivity index (χ1) is 18.4. The Morgan fingerprint density at radius 2 is 1.90 bits per heavy atom. The predicted octanol–water partition coefficient (Wildman–Crippen LogP) is 4.61. The van der Waals surface area contributed by atoms with Crippen LogP contribution in [-0.2, 0) is 12.6 Å². The summed E-state index contributed by atoms with van der Waals surface area (Å²) in [6, 6.07) is 5.64. The maximum Gasteiger partial charge on any atom is 0.421 e. The molecule has 0 aliphatic heterocycles. The number of hydrogen-bond donors (Lipinski definition) is 3. The van der Waals surface area contributed by atoms with Crippen molar-refractivity contribution in [3.05, 3.63) is 59.8 Å². The van der Waals surface area contributed by atoms with Gasteiger partial charge in [-0.05, 0) is 32.0 Å². The van der Waals surface area contributed by atoms with Crippen molar-refractivity contribution in [3.8, 4) is 28.5 Å². The molecule has 4 aromatic rings. The molecule has 0 saturated heterocycles. The van der Waals surface area contributed by atoms with Crippen LogP contribution in [0.5, 0.6) is 5.88 Å². The van der Waals surface area contributed by atoms with Gasteiger partial charge in [0, 0.05) is 54.9 Å². The summed E-state index contributed by atoms with van der Waals surface area (Å²) in [7, 11) is 1.74. The summed E-state index contributed by atoms with van der Waals surface area (Å²) in [6.45, 7) is 2.93. The number of nitrogens with zero attached hydrogens (tertiary/aromatic N) is 6. The summed E-state index contributed by atoms with van der Waals surface area (Å²) in [5.74, 6) is 1.21. The summed E-state index contributed by atoms with van der Waals surface area (Å²) in [4.78, 5) is 16.7. The molecule has 0 saturated carbocycles. The van der Waals surface area contributed by atoms with Gasteiger partial charge in [0.25, 0.3) is 0 Å². The van der Waals surface area contributed by atoms with Gasteiger partial charge in [-0.25, -0.2) is 19.6 Å². The van der Waals surface area contributed by atoms with Gasteiger partial charge in [0.2, 0.25) is 5.88 Å². The van der Waals surface area contributed by atoms with Gasteiger partial charge in [0.1, 0.15) is 16.5 Å². The SMILES string of the molecule is C[C@@H](CCOc1c(-c2nccc(N)n2)cnn1C)Nc1cc(Cl)ncc1-c1ccc(C(C)(O)C(F)(F)F)cn1. The summed E-state index contributed by atoms with van der Waals surface area (Å²) < 4.78 is 47.2. The molecule has 4 heterocycles. The number of aryl methyl sites for hydroxylation is 1. The lowest BCUT2D eigenvalue weighted by Gasteiger charge is -2.26. The second kappa shape index (κ2) is 11.0. The first-order valence-electron chi connectivity index (χ1n) is 11.8. The number of alkyl halides is 3. The van der Waals surface area contributed by atoms with Gasteiger partial charge in [-0.15, -0.1) is 0 Å². The molecule has 39 heavy (non-hydrogen) atoms. The third kappa shape index (κ3) is 6.20. The van der Waals surface area contributed by atoms with Crippen LogP contribution in [0.1, 0.15) is 25.8 Å². The van der Waals surface area contributed by atoms with E-state index in [-0.39, 0.29) is 16.8 Å². The Morgan fingerprint density at radius 1 is 1.13 bits per heavy atom. The van der Waals surface area contributed by atoms with E-state index in [1.54, 1.807) is 36.3 Å². The van der Waals surface area contributed by atoms with Crippen molar-refractivity contribution < 1.29 is 23.0 Å². The Balaban J connectivity index is 1.46. The zero-order chi connectivity index (χ0) is 28.4. The molecule has 14 heteroatoms. The van der Waals surface area contributed by atoms with Gasteiger partial charge in [-0.2, -0.15) is 18.3 Å². The average Bonchev–Trinajstić information content (AvgIpc) is 3.24. The first kappa shape index (κ1) is 28.0. The lowest BCUT2D eigenvalue weighted by molar-refractivity contribution is -0.259. The molecule has 4 N–H and O–H groups in total. The van der Waals surface area contributed by atoms with E-state index in [1.165, 1.54) is 18.3 Å². The van der Waals surface area contributed by atoms with Gasteiger partial charge in [-0.1, -0.05) is 17.7 Å². The van der Waals surface area contributed by atoms with Crippen molar-refractivity contribution in [2.45, 2.75) is 38.1 Å². The molecule has 0 aliphatic carbocycles. The van der Waals surface area contributed by atoms with Crippen LogP contribution in [0.4, 0.5) is 24.7 Å². The van der Waals surface area contributed by atoms with Gasteiger partial charge < -0.3 is 20.9 Å². The Kier molecular flexibility index (Phi) is 7.93. The standard InChI is InChI=1S/C25H26ClF3N8O2/c1-14(7-9-39-23-17(13-34-37(23)3)22-31-8-6-21(30)36-22)35-19-10-20(26)33-12-16(19)18-5-4-15(11-32-18)24(2,38)25(27,28)29/h4-6,8,10-14,38H,7,9H2,1-3H3,(H,33,35)(H2,30,31,36)/t14-,24?/m0/s1. The third-order valence-corrected chi connectivity index (χ3v) is 6.22. The van der Waals surface area contributed by atoms with Crippen LogP contribution in [-0.4, -0.2) is 53.6 Å². The first-order valence-corrected chi connectivity index (χ1v) is 12.2. The highest BCUT2D eigenvalue weighted by molar-refractivity contribution is 6.29. The highest BCUT2D eigenvalue weighted by atomic mass is 35.5. The number of hydrogen-bond acceptors (Lipinski definition) is 9. The fourth-order valence-electron chi connectivity index (χ4n) is 3.68. The maximum absolute atomic E-state index is 13.2. The summed E-state index contributed by atoms with van der Waals surface area (Å²) in [5, 5.41) is 17.7. The number of anilines is 2. The van der Waals surface area contributed by atoms with Crippen molar-refractivity contribution >= 4 is 23.1 Å². The zero-order valence-corrected chi connectivity index (χ0v) is 22.0. The van der Waals surface area contributed by atoms with E-state index in [0.29, 0.717) is 60.0 Å². The van der Waals surface area contributed by atoms with Gasteiger partial charge in [0.05, 0.1) is 18.5 Å². The molecule has 10 nitrogen and oxygen atoms in total. The van der Waals surface area contributed by atoms with E-state index in [9.17, 15) is 18.3 Å². The van der Waals surface area contributed by atoms with Crippen LogP contribution >= 0.6 is 11.6 Å². The third-order valence-electron chi connectivity index (χ3n) is 6.02. The number of halogens is 4. The van der Waals surface area contributed by atoms with Crippen molar-refractivity contribution in [3.63, 3.8) is 0 Å². The van der Waals surface area contributed by atoms with Crippen LogP contribution in [0.3, 0.4) is 0 Å². The number of rotatable bonds is 9. The highest BCUT2D eigenvalue weighted by Crippen LogP contribution is 2.39. The van der Waals surface area contributed by atoms with Crippen LogP contribution in [0.15, 0.2) is 49.1 Å². The second-order valence-electron chi connectivity index (χ2n) is 9.03. The molecule has 0 aliphatic rings. The van der Waals surface area contributed by atoms with Crippen molar-refractivity contribution in [2.75, 3.05) is 17.7 Å². The molecule has 0 radical (unpaired) electrons. The minimum Gasteiger partial charge on any atom is -0.477 e. The molecule has 0 aromatic carbocycles. The minimum absolute atomic E-state index is 0.118. The topological polar surface area (TPSA) is 137 Å².